The first-order chi connectivity index (χ1) is 17.8. The fourth-order valence-electron chi connectivity index (χ4n) is 5.40. The number of aliphatic hydroxyl groups is 1. The van der Waals surface area contributed by atoms with Gasteiger partial charge in [-0.25, -0.2) is 0 Å². The average molecular weight is 525 g/mol. The topological polar surface area (TPSA) is 54.4 Å². The summed E-state index contributed by atoms with van der Waals surface area (Å²) in [5, 5.41) is 10.6. The third-order valence-electron chi connectivity index (χ3n) is 7.79. The Kier molecular flexibility index (Phi) is 23.8. The molecule has 2 unspecified atom stereocenters. The first kappa shape index (κ1) is 36.3. The van der Waals surface area contributed by atoms with Gasteiger partial charge in [-0.1, -0.05) is 149 Å². The smallest absolute Gasteiger partial charge is 0.226 e. The molecule has 0 rings (SSSR count). The molecule has 4 nitrogen and oxygen atoms in total. The molecule has 4 heteroatoms. The lowest BCUT2D eigenvalue weighted by molar-refractivity contribution is -0.877. The van der Waals surface area contributed by atoms with Gasteiger partial charge < -0.3 is 9.59 Å². The zero-order chi connectivity index (χ0) is 27.8. The Bertz CT molecular complexity index is 540. The molecule has 1 N–H and O–H groups in total. The molecular formula is C33H66NO3+. The predicted octanol–water partition coefficient (Wildman–Crippen LogP) is 8.96. The summed E-state index contributed by atoms with van der Waals surface area (Å²) in [5.74, 6) is -0.265. The summed E-state index contributed by atoms with van der Waals surface area (Å²) in [4.78, 5) is 26.1. The number of nitrogens with zero attached hydrogens (tertiary/aromatic N) is 1. The van der Waals surface area contributed by atoms with Gasteiger partial charge in [0.05, 0.1) is 21.1 Å². The average Bonchev–Trinajstić information content (AvgIpc) is 2.84. The number of Topliss-reactive ketones (excluding diaryl/α,β-unsaturated/α-hetero) is 2. The summed E-state index contributed by atoms with van der Waals surface area (Å²) < 4.78 is 0.269. The Hall–Kier alpha value is -0.740. The number of ketones is 2. The highest BCUT2D eigenvalue weighted by Crippen LogP contribution is 2.18. The van der Waals surface area contributed by atoms with Crippen molar-refractivity contribution in [2.24, 2.45) is 0 Å². The van der Waals surface area contributed by atoms with Crippen LogP contribution in [0.5, 0.6) is 0 Å². The lowest BCUT2D eigenvalue weighted by Gasteiger charge is -2.33. The zero-order valence-corrected chi connectivity index (χ0v) is 25.8. The van der Waals surface area contributed by atoms with E-state index < -0.39 is 12.1 Å². The molecule has 0 spiro atoms. The third-order valence-corrected chi connectivity index (χ3v) is 7.79. The first-order valence-electron chi connectivity index (χ1n) is 16.3. The van der Waals surface area contributed by atoms with Crippen molar-refractivity contribution in [3.63, 3.8) is 0 Å². The SMILES string of the molecule is CCCCCCCCCCCCCC(=O)C(C(=O)C(O)CCCCCCCCCCCCC)[N+](C)(C)C. The molecule has 220 valence electrons. The van der Waals surface area contributed by atoms with Crippen LogP contribution in [0.15, 0.2) is 0 Å². The predicted molar refractivity (Wildman–Crippen MR) is 160 cm³/mol. The highest BCUT2D eigenvalue weighted by atomic mass is 16.3. The van der Waals surface area contributed by atoms with E-state index in [0.29, 0.717) is 12.8 Å². The molecule has 0 heterocycles. The van der Waals surface area contributed by atoms with Gasteiger partial charge in [-0.3, -0.25) is 9.59 Å². The molecule has 0 aliphatic heterocycles. The Labute approximate surface area is 232 Å². The second kappa shape index (κ2) is 24.3. The molecule has 2 atom stereocenters. The normalized spacial score (nSPS) is 13.6. The van der Waals surface area contributed by atoms with Crippen LogP contribution in [0.25, 0.3) is 0 Å². The van der Waals surface area contributed by atoms with Crippen molar-refractivity contribution in [1.29, 1.82) is 0 Å². The Balaban J connectivity index is 4.08. The maximum atomic E-state index is 13.1. The number of hydrogen-bond donors (Lipinski definition) is 1. The van der Waals surface area contributed by atoms with Crippen molar-refractivity contribution >= 4 is 11.6 Å². The van der Waals surface area contributed by atoms with Crippen LogP contribution >= 0.6 is 0 Å². The van der Waals surface area contributed by atoms with Crippen LogP contribution in [-0.2, 0) is 9.59 Å². The molecule has 0 aromatic heterocycles. The van der Waals surface area contributed by atoms with Gasteiger partial charge in [0.1, 0.15) is 6.10 Å². The van der Waals surface area contributed by atoms with Crippen LogP contribution in [-0.4, -0.2) is 54.4 Å². The number of unbranched alkanes of at least 4 members (excludes halogenated alkanes) is 20. The summed E-state index contributed by atoms with van der Waals surface area (Å²) in [7, 11) is 5.70. The highest BCUT2D eigenvalue weighted by Gasteiger charge is 2.40. The van der Waals surface area contributed by atoms with Gasteiger partial charge >= 0.3 is 0 Å². The lowest BCUT2D eigenvalue weighted by atomic mass is 9.94. The van der Waals surface area contributed by atoms with E-state index in [1.807, 2.05) is 21.1 Å². The summed E-state index contributed by atoms with van der Waals surface area (Å²) in [5.41, 5.74) is 0. The van der Waals surface area contributed by atoms with Crippen molar-refractivity contribution in [3.05, 3.63) is 0 Å². The fraction of sp³-hybridized carbons (Fsp3) is 0.939. The van der Waals surface area contributed by atoms with E-state index in [1.165, 1.54) is 116 Å². The number of aliphatic hydroxyl groups excluding tert-OH is 1. The van der Waals surface area contributed by atoms with Crippen molar-refractivity contribution in [2.45, 2.75) is 180 Å². The Morgan fingerprint density at radius 2 is 0.865 bits per heavy atom. The molecule has 0 radical (unpaired) electrons. The number of quaternary nitrogens is 1. The van der Waals surface area contributed by atoms with Gasteiger partial charge in [0.25, 0.3) is 0 Å². The minimum atomic E-state index is -1.01. The van der Waals surface area contributed by atoms with Gasteiger partial charge in [-0.05, 0) is 12.8 Å². The van der Waals surface area contributed by atoms with Crippen LogP contribution in [0.1, 0.15) is 168 Å². The summed E-state index contributed by atoms with van der Waals surface area (Å²) in [6.45, 7) is 4.51. The van der Waals surface area contributed by atoms with E-state index in [-0.39, 0.29) is 16.0 Å². The third kappa shape index (κ3) is 20.8. The largest absolute Gasteiger partial charge is 0.385 e. The summed E-state index contributed by atoms with van der Waals surface area (Å²) in [6.07, 6.45) is 27.4. The van der Waals surface area contributed by atoms with Gasteiger partial charge in [0.2, 0.25) is 11.8 Å². The van der Waals surface area contributed by atoms with Crippen molar-refractivity contribution in [1.82, 2.24) is 0 Å². The van der Waals surface area contributed by atoms with Crippen LogP contribution in [0.4, 0.5) is 0 Å². The molecule has 0 saturated carbocycles. The van der Waals surface area contributed by atoms with Crippen molar-refractivity contribution in [3.8, 4) is 0 Å². The highest BCUT2D eigenvalue weighted by molar-refractivity contribution is 6.06. The number of rotatable bonds is 28. The van der Waals surface area contributed by atoms with Gasteiger partial charge in [-0.15, -0.1) is 0 Å². The molecule has 0 aromatic carbocycles. The van der Waals surface area contributed by atoms with E-state index >= 15 is 0 Å². The number of likely N-dealkylation sites (N-methyl/N-ethyl adjacent to an activating group) is 1. The van der Waals surface area contributed by atoms with Crippen LogP contribution in [0, 0.1) is 0 Å². The minimum Gasteiger partial charge on any atom is -0.385 e. The molecule has 37 heavy (non-hydrogen) atoms. The van der Waals surface area contributed by atoms with E-state index in [0.717, 1.165) is 25.7 Å². The van der Waals surface area contributed by atoms with E-state index in [9.17, 15) is 14.7 Å². The molecule has 0 aliphatic carbocycles. The number of hydrogen-bond acceptors (Lipinski definition) is 3. The zero-order valence-electron chi connectivity index (χ0n) is 25.8. The van der Waals surface area contributed by atoms with Crippen molar-refractivity contribution < 1.29 is 19.2 Å². The maximum Gasteiger partial charge on any atom is 0.226 e. The Morgan fingerprint density at radius 3 is 1.22 bits per heavy atom. The van der Waals surface area contributed by atoms with Gasteiger partial charge in [0.15, 0.2) is 5.78 Å². The lowest BCUT2D eigenvalue weighted by Crippen LogP contribution is -2.57. The molecule has 0 aliphatic rings. The quantitative estimate of drug-likeness (QED) is 0.0631. The minimum absolute atomic E-state index is 0.00594. The maximum absolute atomic E-state index is 13.1. The fourth-order valence-corrected chi connectivity index (χ4v) is 5.40. The molecule has 0 bridgehead atoms. The van der Waals surface area contributed by atoms with E-state index in [1.54, 1.807) is 0 Å². The van der Waals surface area contributed by atoms with Gasteiger partial charge in [0, 0.05) is 6.42 Å². The molecular weight excluding hydrogens is 458 g/mol. The van der Waals surface area contributed by atoms with Crippen LogP contribution in [0.2, 0.25) is 0 Å². The Morgan fingerprint density at radius 1 is 0.541 bits per heavy atom. The molecule has 0 amide bonds. The van der Waals surface area contributed by atoms with Crippen LogP contribution in [0.3, 0.4) is 0 Å². The van der Waals surface area contributed by atoms with E-state index in [2.05, 4.69) is 13.8 Å². The second-order valence-electron chi connectivity index (χ2n) is 12.5. The first-order valence-corrected chi connectivity index (χ1v) is 16.3. The van der Waals surface area contributed by atoms with Crippen molar-refractivity contribution in [2.75, 3.05) is 21.1 Å². The molecule has 0 aromatic rings. The van der Waals surface area contributed by atoms with Gasteiger partial charge in [-0.2, -0.15) is 0 Å². The van der Waals surface area contributed by atoms with Crippen LogP contribution < -0.4 is 0 Å². The standard InChI is InChI=1S/C33H66NO3/c1-6-8-10-12-14-16-18-20-22-24-26-28-30(35)32(34(3,4)5)33(37)31(36)29-27-25-23-21-19-17-15-13-11-9-7-2/h31-32,36H,6-29H2,1-5H3/q+1. The summed E-state index contributed by atoms with van der Waals surface area (Å²) in [6, 6.07) is -0.745. The second-order valence-corrected chi connectivity index (χ2v) is 12.5. The van der Waals surface area contributed by atoms with E-state index in [4.69, 9.17) is 0 Å². The monoisotopic (exact) mass is 525 g/mol. The number of carbonyl (C=O) groups is 2. The molecule has 0 fully saturated rings. The number of carbonyl (C=O) groups excluding carboxylic acids is 2. The molecule has 0 saturated heterocycles. The summed E-state index contributed by atoms with van der Waals surface area (Å²) >= 11 is 0.